The number of hydrogen-bond donors (Lipinski definition) is 1. The molecule has 1 aromatic rings. The third kappa shape index (κ3) is 3.70. The van der Waals surface area contributed by atoms with E-state index in [1.54, 1.807) is 0 Å². The summed E-state index contributed by atoms with van der Waals surface area (Å²) < 4.78 is 6.00. The standard InChI is InChI=1S/C15H24N2O/c1-3-16-10-13-8-9-15(17-11-13)18-14-7-5-4-6-12(14)2/h8-9,11-12,14,16H,3-7,10H2,1-2H3. The van der Waals surface area contributed by atoms with Crippen LogP contribution >= 0.6 is 0 Å². The first-order valence-corrected chi connectivity index (χ1v) is 7.12. The van der Waals surface area contributed by atoms with E-state index >= 15 is 0 Å². The lowest BCUT2D eigenvalue weighted by molar-refractivity contribution is 0.0975. The molecular formula is C15H24N2O. The van der Waals surface area contributed by atoms with Gasteiger partial charge in [0, 0.05) is 18.8 Å². The highest BCUT2D eigenvalue weighted by atomic mass is 16.5. The van der Waals surface area contributed by atoms with Crippen LogP contribution in [0.15, 0.2) is 18.3 Å². The van der Waals surface area contributed by atoms with Crippen molar-refractivity contribution in [2.75, 3.05) is 6.54 Å². The fourth-order valence-corrected chi connectivity index (χ4v) is 2.47. The van der Waals surface area contributed by atoms with Crippen molar-refractivity contribution in [1.29, 1.82) is 0 Å². The molecular weight excluding hydrogens is 224 g/mol. The Morgan fingerprint density at radius 3 is 2.83 bits per heavy atom. The maximum absolute atomic E-state index is 6.00. The Bertz CT molecular complexity index is 350. The van der Waals surface area contributed by atoms with Crippen molar-refractivity contribution in [2.24, 2.45) is 5.92 Å². The summed E-state index contributed by atoms with van der Waals surface area (Å²) in [6.45, 7) is 6.25. The molecule has 100 valence electrons. The van der Waals surface area contributed by atoms with Gasteiger partial charge in [-0.05, 0) is 37.3 Å². The van der Waals surface area contributed by atoms with Crippen molar-refractivity contribution >= 4 is 0 Å². The van der Waals surface area contributed by atoms with Gasteiger partial charge in [-0.25, -0.2) is 4.98 Å². The summed E-state index contributed by atoms with van der Waals surface area (Å²) in [7, 11) is 0. The van der Waals surface area contributed by atoms with Crippen molar-refractivity contribution in [3.05, 3.63) is 23.9 Å². The van der Waals surface area contributed by atoms with E-state index in [1.165, 1.54) is 31.2 Å². The van der Waals surface area contributed by atoms with Crippen molar-refractivity contribution in [3.8, 4) is 5.88 Å². The lowest BCUT2D eigenvalue weighted by atomic mass is 9.88. The SMILES string of the molecule is CCNCc1ccc(OC2CCCCC2C)nc1. The molecule has 0 amide bonds. The zero-order chi connectivity index (χ0) is 12.8. The van der Waals surface area contributed by atoms with Crippen LogP contribution in [0.25, 0.3) is 0 Å². The molecule has 1 aliphatic carbocycles. The molecule has 1 aromatic heterocycles. The van der Waals surface area contributed by atoms with E-state index in [-0.39, 0.29) is 0 Å². The van der Waals surface area contributed by atoms with Gasteiger partial charge >= 0.3 is 0 Å². The molecule has 0 bridgehead atoms. The summed E-state index contributed by atoms with van der Waals surface area (Å²) in [5.41, 5.74) is 1.21. The molecule has 3 heteroatoms. The van der Waals surface area contributed by atoms with Crippen molar-refractivity contribution < 1.29 is 4.74 Å². The van der Waals surface area contributed by atoms with E-state index in [2.05, 4.69) is 30.2 Å². The van der Waals surface area contributed by atoms with Gasteiger partial charge in [0.05, 0.1) is 0 Å². The summed E-state index contributed by atoms with van der Waals surface area (Å²) in [6, 6.07) is 4.09. The molecule has 0 aliphatic heterocycles. The summed E-state index contributed by atoms with van der Waals surface area (Å²) in [5.74, 6) is 1.43. The molecule has 2 rings (SSSR count). The molecule has 0 radical (unpaired) electrons. The maximum atomic E-state index is 6.00. The van der Waals surface area contributed by atoms with Crippen molar-refractivity contribution in [2.45, 2.75) is 52.2 Å². The highest BCUT2D eigenvalue weighted by molar-refractivity contribution is 5.18. The minimum Gasteiger partial charge on any atom is -0.474 e. The molecule has 0 saturated heterocycles. The predicted octanol–water partition coefficient (Wildman–Crippen LogP) is 3.15. The van der Waals surface area contributed by atoms with Gasteiger partial charge in [0.25, 0.3) is 0 Å². The van der Waals surface area contributed by atoms with Gasteiger partial charge in [0.2, 0.25) is 5.88 Å². The van der Waals surface area contributed by atoms with Crippen LogP contribution in [0.3, 0.4) is 0 Å². The van der Waals surface area contributed by atoms with Crippen molar-refractivity contribution in [1.82, 2.24) is 10.3 Å². The molecule has 1 saturated carbocycles. The van der Waals surface area contributed by atoms with E-state index in [9.17, 15) is 0 Å². The molecule has 1 aliphatic rings. The van der Waals surface area contributed by atoms with E-state index in [0.717, 1.165) is 19.0 Å². The first-order valence-electron chi connectivity index (χ1n) is 7.12. The van der Waals surface area contributed by atoms with Gasteiger partial charge in [-0.15, -0.1) is 0 Å². The lowest BCUT2D eigenvalue weighted by Gasteiger charge is -2.28. The van der Waals surface area contributed by atoms with E-state index in [0.29, 0.717) is 12.0 Å². The van der Waals surface area contributed by atoms with Crippen LogP contribution < -0.4 is 10.1 Å². The fraction of sp³-hybridized carbons (Fsp3) is 0.667. The molecule has 3 nitrogen and oxygen atoms in total. The van der Waals surface area contributed by atoms with Crippen LogP contribution in [0.4, 0.5) is 0 Å². The molecule has 0 spiro atoms. The molecule has 2 unspecified atom stereocenters. The first-order chi connectivity index (χ1) is 8.79. The fourth-order valence-electron chi connectivity index (χ4n) is 2.47. The van der Waals surface area contributed by atoms with Gasteiger partial charge in [0.15, 0.2) is 0 Å². The van der Waals surface area contributed by atoms with Gasteiger partial charge in [-0.2, -0.15) is 0 Å². The number of hydrogen-bond acceptors (Lipinski definition) is 3. The summed E-state index contributed by atoms with van der Waals surface area (Å²) >= 11 is 0. The Morgan fingerprint density at radius 1 is 1.33 bits per heavy atom. The van der Waals surface area contributed by atoms with E-state index < -0.39 is 0 Å². The smallest absolute Gasteiger partial charge is 0.213 e. The van der Waals surface area contributed by atoms with Crippen LogP contribution in [-0.4, -0.2) is 17.6 Å². The van der Waals surface area contributed by atoms with Crippen LogP contribution in [0.5, 0.6) is 5.88 Å². The number of rotatable bonds is 5. The third-order valence-corrected chi connectivity index (χ3v) is 3.68. The Kier molecular flexibility index (Phi) is 5.00. The van der Waals surface area contributed by atoms with Gasteiger partial charge < -0.3 is 10.1 Å². The van der Waals surface area contributed by atoms with Gasteiger partial charge in [-0.1, -0.05) is 26.3 Å². The van der Waals surface area contributed by atoms with E-state index in [1.807, 2.05) is 12.3 Å². The normalized spacial score (nSPS) is 23.9. The quantitative estimate of drug-likeness (QED) is 0.869. The Labute approximate surface area is 110 Å². The molecule has 0 aromatic carbocycles. The number of ether oxygens (including phenoxy) is 1. The third-order valence-electron chi connectivity index (χ3n) is 3.68. The van der Waals surface area contributed by atoms with Crippen LogP contribution in [0.1, 0.15) is 45.1 Å². The molecule has 18 heavy (non-hydrogen) atoms. The van der Waals surface area contributed by atoms with Crippen molar-refractivity contribution in [3.63, 3.8) is 0 Å². The molecule has 1 fully saturated rings. The zero-order valence-electron chi connectivity index (χ0n) is 11.5. The number of nitrogens with zero attached hydrogens (tertiary/aromatic N) is 1. The van der Waals surface area contributed by atoms with Gasteiger partial charge in [-0.3, -0.25) is 0 Å². The number of pyridine rings is 1. The largest absolute Gasteiger partial charge is 0.474 e. The first kappa shape index (κ1) is 13.3. The number of aromatic nitrogens is 1. The van der Waals surface area contributed by atoms with E-state index in [4.69, 9.17) is 4.74 Å². The summed E-state index contributed by atoms with van der Waals surface area (Å²) in [4.78, 5) is 4.40. The summed E-state index contributed by atoms with van der Waals surface area (Å²) in [6.07, 6.45) is 7.34. The Balaban J connectivity index is 1.89. The second kappa shape index (κ2) is 6.74. The number of nitrogens with one attached hydrogen (secondary N) is 1. The maximum Gasteiger partial charge on any atom is 0.213 e. The lowest BCUT2D eigenvalue weighted by Crippen LogP contribution is -2.28. The van der Waals surface area contributed by atoms with Crippen LogP contribution in [0, 0.1) is 5.92 Å². The highest BCUT2D eigenvalue weighted by Crippen LogP contribution is 2.27. The minimum atomic E-state index is 0.353. The Hall–Kier alpha value is -1.09. The van der Waals surface area contributed by atoms with Crippen LogP contribution in [0.2, 0.25) is 0 Å². The molecule has 1 N–H and O–H groups in total. The second-order valence-corrected chi connectivity index (χ2v) is 5.20. The molecule has 1 heterocycles. The second-order valence-electron chi connectivity index (χ2n) is 5.20. The predicted molar refractivity (Wildman–Crippen MR) is 73.7 cm³/mol. The topological polar surface area (TPSA) is 34.1 Å². The summed E-state index contributed by atoms with van der Waals surface area (Å²) in [5, 5.41) is 3.29. The average molecular weight is 248 g/mol. The zero-order valence-corrected chi connectivity index (χ0v) is 11.5. The Morgan fingerprint density at radius 2 is 2.17 bits per heavy atom. The highest BCUT2D eigenvalue weighted by Gasteiger charge is 2.23. The van der Waals surface area contributed by atoms with Crippen LogP contribution in [-0.2, 0) is 6.54 Å². The minimum absolute atomic E-state index is 0.353. The monoisotopic (exact) mass is 248 g/mol. The average Bonchev–Trinajstić information content (AvgIpc) is 2.41. The molecule has 2 atom stereocenters. The van der Waals surface area contributed by atoms with Gasteiger partial charge in [0.1, 0.15) is 6.10 Å².